The molecule has 0 unspecified atom stereocenters. The van der Waals surface area contributed by atoms with Crippen molar-refractivity contribution in [3.8, 4) is 6.07 Å². The molecule has 0 N–H and O–H groups in total. The molecule has 0 aliphatic rings. The van der Waals surface area contributed by atoms with Gasteiger partial charge in [-0.1, -0.05) is 18.2 Å². The van der Waals surface area contributed by atoms with Gasteiger partial charge in [0.2, 0.25) is 10.0 Å². The van der Waals surface area contributed by atoms with E-state index in [4.69, 9.17) is 10.00 Å². The summed E-state index contributed by atoms with van der Waals surface area (Å²) in [6.07, 6.45) is 0. The van der Waals surface area contributed by atoms with Crippen molar-refractivity contribution >= 4 is 10.0 Å². The summed E-state index contributed by atoms with van der Waals surface area (Å²) in [6, 6.07) is 8.72. The molecule has 5 nitrogen and oxygen atoms in total. The van der Waals surface area contributed by atoms with Crippen molar-refractivity contribution in [1.29, 1.82) is 5.26 Å². The van der Waals surface area contributed by atoms with Gasteiger partial charge in [0.1, 0.15) is 0 Å². The van der Waals surface area contributed by atoms with Crippen LogP contribution in [0.4, 0.5) is 0 Å². The number of benzene rings is 1. The molecule has 0 aliphatic carbocycles. The smallest absolute Gasteiger partial charge is 0.218 e. The quantitative estimate of drug-likeness (QED) is 0.708. The van der Waals surface area contributed by atoms with Crippen LogP contribution >= 0.6 is 0 Å². The maximum Gasteiger partial charge on any atom is 0.218 e. The second-order valence-corrected chi connectivity index (χ2v) is 6.12. The van der Waals surface area contributed by atoms with Crippen LogP contribution in [0.2, 0.25) is 0 Å². The molecule has 0 bridgehead atoms. The first-order chi connectivity index (χ1) is 9.01. The van der Waals surface area contributed by atoms with Crippen LogP contribution in [0.3, 0.4) is 0 Å². The minimum Gasteiger partial charge on any atom is -0.380 e. The van der Waals surface area contributed by atoms with E-state index in [1.165, 1.54) is 11.4 Å². The molecule has 6 heteroatoms. The predicted octanol–water partition coefficient (Wildman–Crippen LogP) is 1.36. The molecule has 1 rings (SSSR count). The van der Waals surface area contributed by atoms with Crippen LogP contribution in [0.1, 0.15) is 18.1 Å². The van der Waals surface area contributed by atoms with Gasteiger partial charge in [0, 0.05) is 20.2 Å². The Hall–Kier alpha value is -1.42. The highest BCUT2D eigenvalue weighted by molar-refractivity contribution is 7.88. The maximum absolute atomic E-state index is 12.1. The Morgan fingerprint density at radius 1 is 1.37 bits per heavy atom. The zero-order chi connectivity index (χ0) is 14.3. The van der Waals surface area contributed by atoms with Gasteiger partial charge < -0.3 is 4.74 Å². The fourth-order valence-electron chi connectivity index (χ4n) is 1.54. The number of ether oxygens (including phenoxy) is 1. The van der Waals surface area contributed by atoms with Gasteiger partial charge in [-0.15, -0.1) is 0 Å². The lowest BCUT2D eigenvalue weighted by molar-refractivity contribution is 0.138. The average molecular weight is 282 g/mol. The van der Waals surface area contributed by atoms with Gasteiger partial charge in [0.15, 0.2) is 0 Å². The molecule has 0 aliphatic heterocycles. The first-order valence-corrected chi connectivity index (χ1v) is 7.62. The Labute approximate surface area is 114 Å². The van der Waals surface area contributed by atoms with Crippen LogP contribution in [-0.2, 0) is 20.5 Å². The molecule has 1 aromatic carbocycles. The highest BCUT2D eigenvalue weighted by atomic mass is 32.2. The van der Waals surface area contributed by atoms with Gasteiger partial charge in [-0.3, -0.25) is 0 Å². The summed E-state index contributed by atoms with van der Waals surface area (Å²) in [5.74, 6) is -0.167. The van der Waals surface area contributed by atoms with Gasteiger partial charge in [-0.25, -0.2) is 12.7 Å². The van der Waals surface area contributed by atoms with Crippen LogP contribution < -0.4 is 0 Å². The molecule has 1 aromatic rings. The summed E-state index contributed by atoms with van der Waals surface area (Å²) >= 11 is 0. The lowest BCUT2D eigenvalue weighted by Crippen LogP contribution is -2.31. The van der Waals surface area contributed by atoms with Gasteiger partial charge in [0.05, 0.1) is 24.0 Å². The van der Waals surface area contributed by atoms with Gasteiger partial charge >= 0.3 is 0 Å². The Morgan fingerprint density at radius 3 is 2.68 bits per heavy atom. The topological polar surface area (TPSA) is 70.4 Å². The van der Waals surface area contributed by atoms with Crippen LogP contribution in [0, 0.1) is 11.3 Å². The molecule has 0 atom stereocenters. The van der Waals surface area contributed by atoms with E-state index in [0.717, 1.165) is 0 Å². The highest BCUT2D eigenvalue weighted by Gasteiger charge is 2.19. The van der Waals surface area contributed by atoms with Gasteiger partial charge in [0.25, 0.3) is 0 Å². The molecule has 0 saturated carbocycles. The van der Waals surface area contributed by atoms with Crippen molar-refractivity contribution in [1.82, 2.24) is 4.31 Å². The molecule has 19 heavy (non-hydrogen) atoms. The molecule has 0 fully saturated rings. The molecular formula is C13H18N2O3S. The number of hydrogen-bond donors (Lipinski definition) is 0. The lowest BCUT2D eigenvalue weighted by Gasteiger charge is -2.17. The summed E-state index contributed by atoms with van der Waals surface area (Å²) in [5.41, 5.74) is 0.914. The Kier molecular flexibility index (Phi) is 5.96. The number of sulfonamides is 1. The second-order valence-electron chi connectivity index (χ2n) is 4.04. The van der Waals surface area contributed by atoms with E-state index >= 15 is 0 Å². The standard InChI is InChI=1S/C13H18N2O3S/c1-3-18-9-8-15(2)19(16,17)11-13-7-5-4-6-12(13)10-14/h4-7H,3,8-9,11H2,1-2H3. The first-order valence-electron chi connectivity index (χ1n) is 6.01. The van der Waals surface area contributed by atoms with E-state index in [-0.39, 0.29) is 5.75 Å². The molecule has 0 spiro atoms. The van der Waals surface area contributed by atoms with Crippen molar-refractivity contribution in [2.45, 2.75) is 12.7 Å². The monoisotopic (exact) mass is 282 g/mol. The van der Waals surface area contributed by atoms with E-state index in [9.17, 15) is 8.42 Å². The molecular weight excluding hydrogens is 264 g/mol. The Bertz CT molecular complexity index is 549. The van der Waals surface area contributed by atoms with E-state index in [1.807, 2.05) is 13.0 Å². The molecule has 0 amide bonds. The fourth-order valence-corrected chi connectivity index (χ4v) is 2.76. The molecule has 104 valence electrons. The molecule has 0 aromatic heterocycles. The summed E-state index contributed by atoms with van der Waals surface area (Å²) in [7, 11) is -1.91. The third kappa shape index (κ3) is 4.63. The highest BCUT2D eigenvalue weighted by Crippen LogP contribution is 2.13. The summed E-state index contributed by atoms with van der Waals surface area (Å²) in [4.78, 5) is 0. The van der Waals surface area contributed by atoms with E-state index < -0.39 is 10.0 Å². The van der Waals surface area contributed by atoms with E-state index in [1.54, 1.807) is 24.3 Å². The minimum absolute atomic E-state index is 0.167. The Morgan fingerprint density at radius 2 is 2.05 bits per heavy atom. The van der Waals surface area contributed by atoms with Crippen molar-refractivity contribution in [3.05, 3.63) is 35.4 Å². The van der Waals surface area contributed by atoms with Crippen LogP contribution in [0.5, 0.6) is 0 Å². The zero-order valence-electron chi connectivity index (χ0n) is 11.2. The zero-order valence-corrected chi connectivity index (χ0v) is 12.0. The molecule has 0 radical (unpaired) electrons. The van der Waals surface area contributed by atoms with Crippen LogP contribution in [0.15, 0.2) is 24.3 Å². The van der Waals surface area contributed by atoms with Crippen molar-refractivity contribution in [2.75, 3.05) is 26.8 Å². The lowest BCUT2D eigenvalue weighted by atomic mass is 10.1. The third-order valence-electron chi connectivity index (χ3n) is 2.71. The number of likely N-dealkylation sites (N-methyl/N-ethyl adjacent to an activating group) is 1. The first kappa shape index (κ1) is 15.6. The second kappa shape index (κ2) is 7.24. The van der Waals surface area contributed by atoms with Crippen LogP contribution in [0.25, 0.3) is 0 Å². The van der Waals surface area contributed by atoms with Gasteiger partial charge in [-0.05, 0) is 18.6 Å². The fraction of sp³-hybridized carbons (Fsp3) is 0.462. The van der Waals surface area contributed by atoms with E-state index in [0.29, 0.717) is 30.9 Å². The van der Waals surface area contributed by atoms with E-state index in [2.05, 4.69) is 0 Å². The van der Waals surface area contributed by atoms with Crippen molar-refractivity contribution in [3.63, 3.8) is 0 Å². The summed E-state index contributed by atoms with van der Waals surface area (Å²) in [6.45, 7) is 3.10. The summed E-state index contributed by atoms with van der Waals surface area (Å²) < 4.78 is 30.6. The van der Waals surface area contributed by atoms with Crippen LogP contribution in [-0.4, -0.2) is 39.5 Å². The molecule has 0 heterocycles. The predicted molar refractivity (Wildman–Crippen MR) is 72.9 cm³/mol. The summed E-state index contributed by atoms with van der Waals surface area (Å²) in [5, 5.41) is 8.95. The van der Waals surface area contributed by atoms with Crippen molar-refractivity contribution < 1.29 is 13.2 Å². The molecule has 0 saturated heterocycles. The van der Waals surface area contributed by atoms with Gasteiger partial charge in [-0.2, -0.15) is 5.26 Å². The SMILES string of the molecule is CCOCCN(C)S(=O)(=O)Cc1ccccc1C#N. The minimum atomic E-state index is -3.42. The average Bonchev–Trinajstić information content (AvgIpc) is 2.39. The van der Waals surface area contributed by atoms with Crippen molar-refractivity contribution in [2.24, 2.45) is 0 Å². The largest absolute Gasteiger partial charge is 0.380 e. The third-order valence-corrected chi connectivity index (χ3v) is 4.51. The maximum atomic E-state index is 12.1. The Balaban J connectivity index is 2.76. The number of nitriles is 1. The normalized spacial score (nSPS) is 11.5. The number of nitrogens with zero attached hydrogens (tertiary/aromatic N) is 2. The number of hydrogen-bond acceptors (Lipinski definition) is 4. The number of rotatable bonds is 7.